The third-order valence-electron chi connectivity index (χ3n) is 3.56. The molecule has 0 aromatic heterocycles. The van der Waals surface area contributed by atoms with Gasteiger partial charge in [0.2, 0.25) is 0 Å². The lowest BCUT2D eigenvalue weighted by Gasteiger charge is -2.16. The highest BCUT2D eigenvalue weighted by atomic mass is 14.1. The number of allylic oxidation sites excluding steroid dienone is 3. The highest BCUT2D eigenvalue weighted by Gasteiger charge is 2.07. The van der Waals surface area contributed by atoms with E-state index in [4.69, 9.17) is 0 Å². The molecule has 0 aromatic carbocycles. The zero-order chi connectivity index (χ0) is 13.5. The van der Waals surface area contributed by atoms with Crippen LogP contribution in [-0.4, -0.2) is 0 Å². The summed E-state index contributed by atoms with van der Waals surface area (Å²) < 4.78 is 0. The Labute approximate surface area is 115 Å². The molecule has 0 saturated carbocycles. The van der Waals surface area contributed by atoms with Gasteiger partial charge in [0.15, 0.2) is 0 Å². The predicted octanol–water partition coefficient (Wildman–Crippen LogP) is 6.45. The van der Waals surface area contributed by atoms with Crippen LogP contribution in [0, 0.1) is 5.92 Å². The van der Waals surface area contributed by atoms with E-state index in [-0.39, 0.29) is 0 Å². The molecule has 0 bridgehead atoms. The molecule has 0 nitrogen and oxygen atoms in total. The van der Waals surface area contributed by atoms with Gasteiger partial charge in [-0.2, -0.15) is 0 Å². The SMILES string of the molecule is C=CCCCCC(CCCC=C)CCCCC=C. The van der Waals surface area contributed by atoms with Crippen LogP contribution >= 0.6 is 0 Å². The first kappa shape index (κ1) is 17.2. The Morgan fingerprint density at radius 2 is 0.944 bits per heavy atom. The van der Waals surface area contributed by atoms with Crippen LogP contribution in [0.15, 0.2) is 38.0 Å². The van der Waals surface area contributed by atoms with Gasteiger partial charge in [0.05, 0.1) is 0 Å². The smallest absolute Gasteiger partial charge is 0.0353 e. The molecule has 18 heavy (non-hydrogen) atoms. The number of rotatable bonds is 14. The molecule has 0 N–H and O–H groups in total. The number of hydrogen-bond donors (Lipinski definition) is 0. The first-order valence-corrected chi connectivity index (χ1v) is 7.67. The lowest BCUT2D eigenvalue weighted by atomic mass is 9.90. The standard InChI is InChI=1S/C18H32/c1-4-7-10-13-16-18(15-12-9-6-3)17-14-11-8-5-2/h4-6,18H,1-3,7-17H2. The van der Waals surface area contributed by atoms with Crippen LogP contribution in [0.5, 0.6) is 0 Å². The molecule has 0 rings (SSSR count). The van der Waals surface area contributed by atoms with E-state index in [9.17, 15) is 0 Å². The average Bonchev–Trinajstić information content (AvgIpc) is 2.39. The second-order valence-corrected chi connectivity index (χ2v) is 5.23. The van der Waals surface area contributed by atoms with Gasteiger partial charge in [-0.05, 0) is 44.4 Å². The Balaban J connectivity index is 3.71. The van der Waals surface area contributed by atoms with Gasteiger partial charge < -0.3 is 0 Å². The maximum atomic E-state index is 3.81. The van der Waals surface area contributed by atoms with Gasteiger partial charge in [-0.25, -0.2) is 0 Å². The lowest BCUT2D eigenvalue weighted by Crippen LogP contribution is -2.01. The van der Waals surface area contributed by atoms with Crippen molar-refractivity contribution in [1.82, 2.24) is 0 Å². The van der Waals surface area contributed by atoms with Gasteiger partial charge in [-0.15, -0.1) is 19.7 Å². The fourth-order valence-corrected chi connectivity index (χ4v) is 2.43. The minimum atomic E-state index is 0.930. The molecular formula is C18H32. The normalized spacial score (nSPS) is 10.5. The Bertz CT molecular complexity index is 186. The molecular weight excluding hydrogens is 216 g/mol. The van der Waals surface area contributed by atoms with E-state index in [0.29, 0.717) is 0 Å². The molecule has 0 aromatic rings. The van der Waals surface area contributed by atoms with Crippen molar-refractivity contribution in [3.05, 3.63) is 38.0 Å². The summed E-state index contributed by atoms with van der Waals surface area (Å²) in [6.45, 7) is 11.4. The second-order valence-electron chi connectivity index (χ2n) is 5.23. The maximum absolute atomic E-state index is 3.81. The van der Waals surface area contributed by atoms with Crippen LogP contribution < -0.4 is 0 Å². The van der Waals surface area contributed by atoms with Crippen molar-refractivity contribution in [2.24, 2.45) is 5.92 Å². The fourth-order valence-electron chi connectivity index (χ4n) is 2.43. The topological polar surface area (TPSA) is 0 Å². The largest absolute Gasteiger partial charge is 0.103 e. The number of hydrogen-bond acceptors (Lipinski definition) is 0. The molecule has 0 radical (unpaired) electrons. The monoisotopic (exact) mass is 248 g/mol. The summed E-state index contributed by atoms with van der Waals surface area (Å²) in [7, 11) is 0. The van der Waals surface area contributed by atoms with Crippen molar-refractivity contribution >= 4 is 0 Å². The Morgan fingerprint density at radius 1 is 0.556 bits per heavy atom. The summed E-state index contributed by atoms with van der Waals surface area (Å²) in [6, 6.07) is 0. The van der Waals surface area contributed by atoms with E-state index in [0.717, 1.165) is 5.92 Å². The average molecular weight is 248 g/mol. The molecule has 0 spiro atoms. The third-order valence-corrected chi connectivity index (χ3v) is 3.56. The summed E-state index contributed by atoms with van der Waals surface area (Å²) in [5, 5.41) is 0. The summed E-state index contributed by atoms with van der Waals surface area (Å²) in [5.41, 5.74) is 0. The Morgan fingerprint density at radius 3 is 1.39 bits per heavy atom. The predicted molar refractivity (Wildman–Crippen MR) is 84.9 cm³/mol. The quantitative estimate of drug-likeness (QED) is 0.245. The molecule has 0 heteroatoms. The summed E-state index contributed by atoms with van der Waals surface area (Å²) in [4.78, 5) is 0. The van der Waals surface area contributed by atoms with Crippen molar-refractivity contribution < 1.29 is 0 Å². The zero-order valence-electron chi connectivity index (χ0n) is 12.2. The molecule has 0 aliphatic heterocycles. The second kappa shape index (κ2) is 14.3. The van der Waals surface area contributed by atoms with Crippen molar-refractivity contribution in [2.45, 2.75) is 70.6 Å². The number of unbranched alkanes of at least 4 members (excludes halogenated alkanes) is 5. The van der Waals surface area contributed by atoms with Crippen molar-refractivity contribution in [2.75, 3.05) is 0 Å². The van der Waals surface area contributed by atoms with Gasteiger partial charge in [0, 0.05) is 0 Å². The Kier molecular flexibility index (Phi) is 13.7. The van der Waals surface area contributed by atoms with Crippen LogP contribution in [0.1, 0.15) is 70.6 Å². The third kappa shape index (κ3) is 11.7. The van der Waals surface area contributed by atoms with Crippen LogP contribution in [0.4, 0.5) is 0 Å². The Hall–Kier alpha value is -0.780. The van der Waals surface area contributed by atoms with Gasteiger partial charge >= 0.3 is 0 Å². The molecule has 0 saturated heterocycles. The summed E-state index contributed by atoms with van der Waals surface area (Å²) in [6.07, 6.45) is 20.5. The molecule has 0 aliphatic carbocycles. The molecule has 0 aliphatic rings. The van der Waals surface area contributed by atoms with Crippen molar-refractivity contribution in [3.8, 4) is 0 Å². The highest BCUT2D eigenvalue weighted by molar-refractivity contribution is 4.71. The molecule has 0 fully saturated rings. The van der Waals surface area contributed by atoms with Gasteiger partial charge in [-0.1, -0.05) is 50.3 Å². The lowest BCUT2D eigenvalue weighted by molar-refractivity contribution is 0.381. The van der Waals surface area contributed by atoms with E-state index < -0.39 is 0 Å². The van der Waals surface area contributed by atoms with Crippen LogP contribution in [-0.2, 0) is 0 Å². The van der Waals surface area contributed by atoms with E-state index in [1.54, 1.807) is 0 Å². The molecule has 104 valence electrons. The minimum Gasteiger partial charge on any atom is -0.103 e. The van der Waals surface area contributed by atoms with E-state index >= 15 is 0 Å². The van der Waals surface area contributed by atoms with E-state index in [2.05, 4.69) is 19.7 Å². The van der Waals surface area contributed by atoms with Gasteiger partial charge in [0.25, 0.3) is 0 Å². The molecule has 0 amide bonds. The van der Waals surface area contributed by atoms with Crippen LogP contribution in [0.2, 0.25) is 0 Å². The van der Waals surface area contributed by atoms with Crippen LogP contribution in [0.25, 0.3) is 0 Å². The highest BCUT2D eigenvalue weighted by Crippen LogP contribution is 2.23. The van der Waals surface area contributed by atoms with Crippen molar-refractivity contribution in [1.29, 1.82) is 0 Å². The van der Waals surface area contributed by atoms with Crippen molar-refractivity contribution in [3.63, 3.8) is 0 Å². The summed E-state index contributed by atoms with van der Waals surface area (Å²) in [5.74, 6) is 0.930. The molecule has 0 heterocycles. The minimum absolute atomic E-state index is 0.930. The van der Waals surface area contributed by atoms with Gasteiger partial charge in [-0.3, -0.25) is 0 Å². The first-order chi connectivity index (χ1) is 8.85. The van der Waals surface area contributed by atoms with Crippen LogP contribution in [0.3, 0.4) is 0 Å². The fraction of sp³-hybridized carbons (Fsp3) is 0.667. The zero-order valence-corrected chi connectivity index (χ0v) is 12.2. The maximum Gasteiger partial charge on any atom is -0.0353 e. The van der Waals surface area contributed by atoms with E-state index in [1.807, 2.05) is 18.2 Å². The summed E-state index contributed by atoms with van der Waals surface area (Å²) >= 11 is 0. The van der Waals surface area contributed by atoms with E-state index in [1.165, 1.54) is 70.6 Å². The first-order valence-electron chi connectivity index (χ1n) is 7.67. The molecule has 0 atom stereocenters. The van der Waals surface area contributed by atoms with Gasteiger partial charge in [0.1, 0.15) is 0 Å². The molecule has 0 unspecified atom stereocenters.